The largest absolute Gasteiger partial charge is 0.478 e. The number of carboxylic acid groups (broad SMARTS) is 1. The highest BCUT2D eigenvalue weighted by Crippen LogP contribution is 2.38. The van der Waals surface area contributed by atoms with Crippen LogP contribution >= 0.6 is 0 Å². The number of urea groups is 1. The van der Waals surface area contributed by atoms with Crippen molar-refractivity contribution in [3.05, 3.63) is 106 Å². The summed E-state index contributed by atoms with van der Waals surface area (Å²) in [5.41, 5.74) is 10.9. The molecule has 13 heteroatoms. The normalized spacial score (nSPS) is 13.5. The van der Waals surface area contributed by atoms with E-state index in [2.05, 4.69) is 21.3 Å². The number of aromatic nitrogens is 1. The minimum Gasteiger partial charge on any atom is -0.478 e. The second kappa shape index (κ2) is 14.5. The number of carboxylic acids is 1. The molecule has 1 aromatic heterocycles. The number of aromatic carboxylic acids is 1. The summed E-state index contributed by atoms with van der Waals surface area (Å²) in [6.45, 7) is 9.76. The molecule has 1 unspecified atom stereocenters. The summed E-state index contributed by atoms with van der Waals surface area (Å²) in [5, 5.41) is 21.3. The molecule has 4 aromatic rings. The smallest absolute Gasteiger partial charge is 0.337 e. The highest BCUT2D eigenvalue weighted by Gasteiger charge is 2.33. The van der Waals surface area contributed by atoms with Gasteiger partial charge < -0.3 is 36.7 Å². The fourth-order valence-corrected chi connectivity index (χ4v) is 6.19. The number of primary amides is 1. The van der Waals surface area contributed by atoms with E-state index >= 15 is 0 Å². The van der Waals surface area contributed by atoms with Crippen LogP contribution in [0.1, 0.15) is 68.8 Å². The van der Waals surface area contributed by atoms with E-state index in [0.717, 1.165) is 5.56 Å². The van der Waals surface area contributed by atoms with E-state index in [0.29, 0.717) is 63.9 Å². The monoisotopic (exact) mass is 677 g/mol. The Bertz CT molecular complexity index is 2050. The maximum Gasteiger partial charge on any atom is 0.337 e. The molecule has 258 valence electrons. The van der Waals surface area contributed by atoms with Crippen LogP contribution in [0.5, 0.6) is 0 Å². The van der Waals surface area contributed by atoms with Crippen molar-refractivity contribution in [2.45, 2.75) is 40.8 Å². The number of rotatable bonds is 11. The minimum atomic E-state index is -1.16. The van der Waals surface area contributed by atoms with Gasteiger partial charge in [0.15, 0.2) is 6.17 Å². The Morgan fingerprint density at radius 1 is 0.920 bits per heavy atom. The third-order valence-electron chi connectivity index (χ3n) is 8.73. The molecule has 5 rings (SSSR count). The predicted octanol–water partition coefficient (Wildman–Crippen LogP) is 5.83. The zero-order valence-electron chi connectivity index (χ0n) is 28.4. The Morgan fingerprint density at radius 3 is 2.22 bits per heavy atom. The summed E-state index contributed by atoms with van der Waals surface area (Å²) in [6.07, 6.45) is 0.587. The molecule has 50 heavy (non-hydrogen) atoms. The van der Waals surface area contributed by atoms with E-state index in [1.165, 1.54) is 0 Å². The zero-order chi connectivity index (χ0) is 36.3. The van der Waals surface area contributed by atoms with Crippen molar-refractivity contribution in [3.8, 4) is 0 Å². The summed E-state index contributed by atoms with van der Waals surface area (Å²) >= 11 is 0. The van der Waals surface area contributed by atoms with Crippen molar-refractivity contribution in [3.63, 3.8) is 0 Å². The number of fused-ring (bicyclic) bond motifs is 1. The summed E-state index contributed by atoms with van der Waals surface area (Å²) in [6, 6.07) is 18.3. The quantitative estimate of drug-likeness (QED) is 0.108. The molecule has 0 fully saturated rings. The Hall–Kier alpha value is -6.21. The summed E-state index contributed by atoms with van der Waals surface area (Å²) < 4.78 is 1.58. The number of carbonyl (C=O) groups excluding carboxylic acids is 4. The molecule has 1 aliphatic heterocycles. The van der Waals surface area contributed by atoms with Crippen LogP contribution in [0.25, 0.3) is 11.6 Å². The van der Waals surface area contributed by atoms with Gasteiger partial charge in [-0.25, -0.2) is 9.59 Å². The third-order valence-corrected chi connectivity index (χ3v) is 8.73. The number of amides is 5. The first-order chi connectivity index (χ1) is 23.8. The molecule has 3 aromatic carbocycles. The molecule has 13 nitrogen and oxygen atoms in total. The average Bonchev–Trinajstić information content (AvgIpc) is 3.51. The summed E-state index contributed by atoms with van der Waals surface area (Å²) in [7, 11) is 0. The summed E-state index contributed by atoms with van der Waals surface area (Å²) in [5.74, 6) is -2.54. The summed E-state index contributed by atoms with van der Waals surface area (Å²) in [4.78, 5) is 65.8. The van der Waals surface area contributed by atoms with E-state index in [9.17, 15) is 29.1 Å². The number of hydrogen-bond acceptors (Lipinski definition) is 6. The number of hydrogen-bond donors (Lipinski definition) is 6. The van der Waals surface area contributed by atoms with Gasteiger partial charge in [0.05, 0.1) is 16.8 Å². The minimum absolute atomic E-state index is 0.0267. The average molecular weight is 678 g/mol. The maximum absolute atomic E-state index is 13.3. The molecule has 0 bridgehead atoms. The van der Waals surface area contributed by atoms with Gasteiger partial charge in [-0.3, -0.25) is 19.3 Å². The molecule has 7 N–H and O–H groups in total. The van der Waals surface area contributed by atoms with Crippen LogP contribution in [0.15, 0.2) is 66.7 Å². The van der Waals surface area contributed by atoms with Crippen LogP contribution in [0.3, 0.4) is 0 Å². The topological polar surface area (TPSA) is 188 Å². The molecule has 0 spiro atoms. The number of likely N-dealkylation sites (N-methyl/N-ethyl adjacent to an activating group) is 1. The number of carbonyl (C=O) groups is 5. The molecule has 5 amide bonds. The molecule has 2 heterocycles. The number of nitrogens with one attached hydrogen (secondary N) is 4. The first kappa shape index (κ1) is 35.1. The number of benzene rings is 3. The van der Waals surface area contributed by atoms with Crippen molar-refractivity contribution in [2.75, 3.05) is 34.4 Å². The van der Waals surface area contributed by atoms with Gasteiger partial charge in [0.2, 0.25) is 0 Å². The fourth-order valence-electron chi connectivity index (χ4n) is 6.19. The van der Waals surface area contributed by atoms with Gasteiger partial charge in [-0.15, -0.1) is 0 Å². The van der Waals surface area contributed by atoms with Gasteiger partial charge >= 0.3 is 12.0 Å². The fraction of sp³-hybridized carbons (Fsp3) is 0.216. The Labute approximate surface area is 289 Å². The lowest BCUT2D eigenvalue weighted by Gasteiger charge is -2.30. The van der Waals surface area contributed by atoms with Gasteiger partial charge in [0.25, 0.3) is 17.7 Å². The molecular formula is C37H39N7O6. The first-order valence-corrected chi connectivity index (χ1v) is 16.0. The Morgan fingerprint density at radius 2 is 1.58 bits per heavy atom. The van der Waals surface area contributed by atoms with Gasteiger partial charge in [0.1, 0.15) is 0 Å². The highest BCUT2D eigenvalue weighted by molar-refractivity contribution is 6.35. The van der Waals surface area contributed by atoms with E-state index < -0.39 is 30.0 Å². The van der Waals surface area contributed by atoms with Crippen molar-refractivity contribution in [1.82, 2.24) is 9.47 Å². The molecular weight excluding hydrogens is 638 g/mol. The van der Waals surface area contributed by atoms with E-state index in [4.69, 9.17) is 5.73 Å². The van der Waals surface area contributed by atoms with E-state index in [1.807, 2.05) is 31.7 Å². The van der Waals surface area contributed by atoms with Gasteiger partial charge in [-0.05, 0) is 87.5 Å². The lowest BCUT2D eigenvalue weighted by molar-refractivity contribution is -0.126. The third kappa shape index (κ3) is 6.98. The maximum atomic E-state index is 13.3. The molecule has 0 saturated carbocycles. The number of aryl methyl sites for hydroxylation is 1. The van der Waals surface area contributed by atoms with Crippen molar-refractivity contribution >= 4 is 64.1 Å². The van der Waals surface area contributed by atoms with Gasteiger partial charge in [0, 0.05) is 39.6 Å². The van der Waals surface area contributed by atoms with E-state index in [1.54, 1.807) is 85.2 Å². The lowest BCUT2D eigenvalue weighted by atomic mass is 10.0. The number of nitrogens with zero attached hydrogens (tertiary/aromatic N) is 2. The Kier molecular flexibility index (Phi) is 10.2. The van der Waals surface area contributed by atoms with Gasteiger partial charge in [-0.2, -0.15) is 0 Å². The van der Waals surface area contributed by atoms with Crippen LogP contribution in [-0.2, 0) is 9.59 Å². The second-order valence-electron chi connectivity index (χ2n) is 11.8. The molecule has 0 saturated heterocycles. The van der Waals surface area contributed by atoms with E-state index in [-0.39, 0.29) is 17.0 Å². The molecule has 0 aliphatic carbocycles. The standard InChI is InChI=1S/C37H39N7O6/c1-6-43(7-2)35(32(38)45)44-22(5)31(36(48)49)21(4)30(44)19-27-26-16-15-25(18-29(26)41-34(27)47)40-37(50)42-28-17-24(14-13-20(28)3)39-33(46)23-11-9-8-10-12-23/h8-19,35H,6-7H2,1-5H3,(H2,38,45)(H,39,46)(H,41,47)(H,48,49)(H2,40,42,50). The number of anilines is 4. The van der Waals surface area contributed by atoms with Crippen LogP contribution in [0, 0.1) is 20.8 Å². The zero-order valence-corrected chi connectivity index (χ0v) is 28.4. The van der Waals surface area contributed by atoms with Crippen molar-refractivity contribution in [1.29, 1.82) is 0 Å². The molecule has 0 radical (unpaired) electrons. The van der Waals surface area contributed by atoms with Crippen LogP contribution in [-0.4, -0.2) is 57.4 Å². The van der Waals surface area contributed by atoms with Crippen LogP contribution in [0.2, 0.25) is 0 Å². The first-order valence-electron chi connectivity index (χ1n) is 16.0. The van der Waals surface area contributed by atoms with Crippen LogP contribution < -0.4 is 27.0 Å². The van der Waals surface area contributed by atoms with Gasteiger partial charge in [-0.1, -0.05) is 44.2 Å². The van der Waals surface area contributed by atoms with Crippen LogP contribution in [0.4, 0.5) is 27.5 Å². The Balaban J connectivity index is 1.40. The van der Waals surface area contributed by atoms with Crippen molar-refractivity contribution < 1.29 is 29.1 Å². The second-order valence-corrected chi connectivity index (χ2v) is 11.8. The van der Waals surface area contributed by atoms with Crippen molar-refractivity contribution in [2.24, 2.45) is 5.73 Å². The lowest BCUT2D eigenvalue weighted by Crippen LogP contribution is -2.42. The predicted molar refractivity (Wildman–Crippen MR) is 193 cm³/mol. The molecule has 1 aliphatic rings. The number of nitrogens with two attached hydrogens (primary N) is 1. The molecule has 1 atom stereocenters. The highest BCUT2D eigenvalue weighted by atomic mass is 16.4. The SMILES string of the molecule is CCN(CC)C(C(N)=O)n1c(C)c(C(=O)O)c(C)c1C=C1C(=O)Nc2cc(NC(=O)Nc3cc(NC(=O)c4ccccc4)ccc3C)ccc21.